The molecule has 0 fully saturated rings. The molecule has 0 rings (SSSR count). The van der Waals surface area contributed by atoms with E-state index in [1.54, 1.807) is 0 Å². The quantitative estimate of drug-likeness (QED) is 0.0775. The number of esters is 4. The Morgan fingerprint density at radius 3 is 1.05 bits per heavy atom. The van der Waals surface area contributed by atoms with Crippen LogP contribution in [0.15, 0.2) is 50.6 Å². The number of ketones is 1. The van der Waals surface area contributed by atoms with Crippen LogP contribution >= 0.6 is 0 Å². The number of rotatable bonds is 24. The van der Waals surface area contributed by atoms with Gasteiger partial charge in [-0.15, -0.1) is 0 Å². The summed E-state index contributed by atoms with van der Waals surface area (Å²) in [6, 6.07) is 0. The third-order valence-corrected chi connectivity index (χ3v) is 4.72. The Hall–Kier alpha value is -3.57. The second kappa shape index (κ2) is 22.6. The average Bonchev–Trinajstić information content (AvgIpc) is 2.93. The lowest BCUT2D eigenvalue weighted by molar-refractivity contribution is -0.150. The van der Waals surface area contributed by atoms with Gasteiger partial charge in [0.25, 0.3) is 0 Å². The molecule has 0 aromatic rings. The minimum Gasteiger partial charge on any atom is -0.460 e. The van der Waals surface area contributed by atoms with Crippen LogP contribution < -0.4 is 0 Å². The number of carbonyl (C=O) groups excluding carboxylic acids is 5. The summed E-state index contributed by atoms with van der Waals surface area (Å²) in [5.41, 5.74) is 0. The topological polar surface area (TPSA) is 141 Å². The monoisotopic (exact) mass is 538 g/mol. The molecule has 0 radical (unpaired) electrons. The second-order valence-electron chi connectivity index (χ2n) is 7.78. The smallest absolute Gasteiger partial charge is 0.330 e. The summed E-state index contributed by atoms with van der Waals surface area (Å²) in [4.78, 5) is 57.1. The Labute approximate surface area is 223 Å². The van der Waals surface area contributed by atoms with E-state index in [4.69, 9.17) is 28.4 Å². The van der Waals surface area contributed by atoms with Crippen molar-refractivity contribution in [2.24, 2.45) is 0 Å². The molecule has 0 unspecified atom stereocenters. The first-order valence-corrected chi connectivity index (χ1v) is 12.2. The SMILES string of the molecule is C=CC(=O)OCC(COC(=O)C=C)OCCCCC(=O)CCCCOC(COC(=O)C=C)COC(=O)C=C. The molecule has 0 aliphatic carbocycles. The fourth-order valence-corrected chi connectivity index (χ4v) is 2.70. The van der Waals surface area contributed by atoms with Gasteiger partial charge in [-0.2, -0.15) is 0 Å². The van der Waals surface area contributed by atoms with E-state index in [1.165, 1.54) is 0 Å². The summed E-state index contributed by atoms with van der Waals surface area (Å²) in [7, 11) is 0. The number of carbonyl (C=O) groups is 5. The van der Waals surface area contributed by atoms with Crippen molar-refractivity contribution < 1.29 is 52.4 Å². The van der Waals surface area contributed by atoms with Crippen molar-refractivity contribution in [2.75, 3.05) is 39.6 Å². The molecular weight excluding hydrogens is 500 g/mol. The Morgan fingerprint density at radius 2 is 0.789 bits per heavy atom. The zero-order valence-electron chi connectivity index (χ0n) is 21.8. The van der Waals surface area contributed by atoms with Crippen molar-refractivity contribution in [1.82, 2.24) is 0 Å². The maximum absolute atomic E-state index is 12.1. The molecule has 11 heteroatoms. The molecule has 0 amide bonds. The predicted octanol–water partition coefficient (Wildman–Crippen LogP) is 2.58. The Balaban J connectivity index is 4.16. The van der Waals surface area contributed by atoms with E-state index in [0.717, 1.165) is 24.3 Å². The molecular formula is C27H38O11. The number of ether oxygens (including phenoxy) is 6. The second-order valence-corrected chi connectivity index (χ2v) is 7.78. The van der Waals surface area contributed by atoms with Gasteiger partial charge in [0.05, 0.1) is 0 Å². The van der Waals surface area contributed by atoms with Crippen LogP contribution in [0.4, 0.5) is 0 Å². The lowest BCUT2D eigenvalue weighted by Gasteiger charge is -2.17. The predicted molar refractivity (Wildman–Crippen MR) is 137 cm³/mol. The summed E-state index contributed by atoms with van der Waals surface area (Å²) < 4.78 is 31.0. The van der Waals surface area contributed by atoms with E-state index in [1.807, 2.05) is 0 Å². The highest BCUT2D eigenvalue weighted by Gasteiger charge is 2.15. The standard InChI is InChI=1S/C27H38O11/c1-5-24(29)35-17-22(18-36-25(30)6-2)33-15-11-9-13-21(28)14-10-12-16-34-23(19-37-26(31)7-3)20-38-27(32)8-4/h5-8,22-23H,1-4,9-20H2. The molecule has 0 saturated carbocycles. The maximum atomic E-state index is 12.1. The Kier molecular flexibility index (Phi) is 20.5. The zero-order valence-corrected chi connectivity index (χ0v) is 21.8. The minimum atomic E-state index is -0.650. The van der Waals surface area contributed by atoms with Gasteiger partial charge in [0.1, 0.15) is 44.4 Å². The van der Waals surface area contributed by atoms with Crippen molar-refractivity contribution in [3.05, 3.63) is 50.6 Å². The van der Waals surface area contributed by atoms with Crippen molar-refractivity contribution in [1.29, 1.82) is 0 Å². The van der Waals surface area contributed by atoms with Gasteiger partial charge in [-0.25, -0.2) is 19.2 Å². The van der Waals surface area contributed by atoms with Crippen LogP contribution in [-0.2, 0) is 52.4 Å². The van der Waals surface area contributed by atoms with Gasteiger partial charge in [-0.05, 0) is 25.7 Å². The van der Waals surface area contributed by atoms with E-state index in [9.17, 15) is 24.0 Å². The molecule has 0 saturated heterocycles. The fraction of sp³-hybridized carbons (Fsp3) is 0.519. The molecule has 0 heterocycles. The molecule has 0 aromatic carbocycles. The summed E-state index contributed by atoms with van der Waals surface area (Å²) in [6.45, 7) is 13.4. The van der Waals surface area contributed by atoms with Crippen LogP contribution in [0.25, 0.3) is 0 Å². The molecule has 0 atom stereocenters. The number of hydrogen-bond acceptors (Lipinski definition) is 11. The molecule has 38 heavy (non-hydrogen) atoms. The van der Waals surface area contributed by atoms with Gasteiger partial charge in [0.15, 0.2) is 0 Å². The summed E-state index contributed by atoms with van der Waals surface area (Å²) in [5.74, 6) is -2.38. The van der Waals surface area contributed by atoms with E-state index < -0.39 is 36.1 Å². The van der Waals surface area contributed by atoms with Gasteiger partial charge in [-0.1, -0.05) is 26.3 Å². The third kappa shape index (κ3) is 19.6. The lowest BCUT2D eigenvalue weighted by atomic mass is 10.1. The van der Waals surface area contributed by atoms with Gasteiger partial charge in [0.2, 0.25) is 0 Å². The summed E-state index contributed by atoms with van der Waals surface area (Å²) in [6.07, 6.45) is 5.91. The van der Waals surface area contributed by atoms with Crippen LogP contribution in [0.1, 0.15) is 38.5 Å². The first-order valence-electron chi connectivity index (χ1n) is 12.2. The van der Waals surface area contributed by atoms with E-state index in [-0.39, 0.29) is 45.4 Å². The maximum Gasteiger partial charge on any atom is 0.330 e. The van der Waals surface area contributed by atoms with Crippen LogP contribution in [0.2, 0.25) is 0 Å². The van der Waals surface area contributed by atoms with Gasteiger partial charge in [0, 0.05) is 50.4 Å². The van der Waals surface area contributed by atoms with Crippen LogP contribution in [-0.4, -0.2) is 81.5 Å². The highest BCUT2D eigenvalue weighted by atomic mass is 16.6. The van der Waals surface area contributed by atoms with Crippen molar-refractivity contribution in [3.63, 3.8) is 0 Å². The van der Waals surface area contributed by atoms with Gasteiger partial charge >= 0.3 is 23.9 Å². The molecule has 0 aromatic heterocycles. The fourth-order valence-electron chi connectivity index (χ4n) is 2.70. The first kappa shape index (κ1) is 34.4. The molecule has 0 N–H and O–H groups in total. The normalized spacial score (nSPS) is 10.4. The molecule has 11 nitrogen and oxygen atoms in total. The van der Waals surface area contributed by atoms with Gasteiger partial charge < -0.3 is 28.4 Å². The van der Waals surface area contributed by atoms with Crippen LogP contribution in [0, 0.1) is 0 Å². The summed E-state index contributed by atoms with van der Waals surface area (Å²) in [5, 5.41) is 0. The molecule has 0 aliphatic heterocycles. The Morgan fingerprint density at radius 1 is 0.500 bits per heavy atom. The summed E-state index contributed by atoms with van der Waals surface area (Å²) >= 11 is 0. The zero-order chi connectivity index (χ0) is 28.6. The van der Waals surface area contributed by atoms with E-state index in [2.05, 4.69) is 26.3 Å². The largest absolute Gasteiger partial charge is 0.460 e. The van der Waals surface area contributed by atoms with E-state index >= 15 is 0 Å². The van der Waals surface area contributed by atoms with Crippen molar-refractivity contribution in [3.8, 4) is 0 Å². The number of Topliss-reactive ketones (excluding diaryl/α,β-unsaturated/α-hetero) is 1. The first-order chi connectivity index (χ1) is 18.2. The molecule has 0 aliphatic rings. The highest BCUT2D eigenvalue weighted by molar-refractivity contribution is 5.82. The van der Waals surface area contributed by atoms with Crippen molar-refractivity contribution in [2.45, 2.75) is 50.7 Å². The number of unbranched alkanes of at least 4 members (excludes halogenated alkanes) is 2. The average molecular weight is 539 g/mol. The van der Waals surface area contributed by atoms with Gasteiger partial charge in [-0.3, -0.25) is 4.79 Å². The third-order valence-electron chi connectivity index (χ3n) is 4.72. The lowest BCUT2D eigenvalue weighted by Crippen LogP contribution is -2.28. The molecule has 212 valence electrons. The molecule has 0 bridgehead atoms. The Bertz CT molecular complexity index is 691. The van der Waals surface area contributed by atoms with E-state index in [0.29, 0.717) is 38.5 Å². The number of hydrogen-bond donors (Lipinski definition) is 0. The highest BCUT2D eigenvalue weighted by Crippen LogP contribution is 2.07. The minimum absolute atomic E-state index is 0.0951. The van der Waals surface area contributed by atoms with Crippen molar-refractivity contribution >= 4 is 29.7 Å². The molecule has 0 spiro atoms. The van der Waals surface area contributed by atoms with Crippen LogP contribution in [0.5, 0.6) is 0 Å². The van der Waals surface area contributed by atoms with Crippen LogP contribution in [0.3, 0.4) is 0 Å².